The number of amides is 2. The van der Waals surface area contributed by atoms with Gasteiger partial charge in [0.05, 0.1) is 6.04 Å². The van der Waals surface area contributed by atoms with Gasteiger partial charge in [0.2, 0.25) is 11.8 Å². The predicted octanol–water partition coefficient (Wildman–Crippen LogP) is 3.21. The third-order valence-corrected chi connectivity index (χ3v) is 5.53. The van der Waals surface area contributed by atoms with E-state index in [-0.39, 0.29) is 35.5 Å². The van der Waals surface area contributed by atoms with Crippen molar-refractivity contribution in [3.05, 3.63) is 35.6 Å². The van der Waals surface area contributed by atoms with Gasteiger partial charge in [0, 0.05) is 32.0 Å². The van der Waals surface area contributed by atoms with Crippen molar-refractivity contribution in [2.75, 3.05) is 13.1 Å². The molecular weight excluding hydrogens is 319 g/mol. The minimum atomic E-state index is -0.274. The molecule has 1 saturated heterocycles. The lowest BCUT2D eigenvalue weighted by molar-refractivity contribution is -0.139. The molecule has 0 unspecified atom stereocenters. The summed E-state index contributed by atoms with van der Waals surface area (Å²) in [6, 6.07) is 6.29. The number of halogens is 1. The predicted molar refractivity (Wildman–Crippen MR) is 94.1 cm³/mol. The molecule has 136 valence electrons. The molecule has 1 aromatic carbocycles. The molecule has 0 bridgehead atoms. The second-order valence-electron chi connectivity index (χ2n) is 7.62. The molecule has 0 aromatic heterocycles. The molecule has 2 aliphatic rings. The molecule has 2 amide bonds. The minimum absolute atomic E-state index is 0.0101. The normalized spacial score (nSPS) is 22.1. The number of benzene rings is 1. The summed E-state index contributed by atoms with van der Waals surface area (Å²) in [5, 5.41) is 0. The summed E-state index contributed by atoms with van der Waals surface area (Å²) < 4.78 is 13.1. The molecule has 1 aliphatic heterocycles. The van der Waals surface area contributed by atoms with E-state index in [2.05, 4.69) is 13.8 Å². The summed E-state index contributed by atoms with van der Waals surface area (Å²) in [6.07, 6.45) is 3.46. The van der Waals surface area contributed by atoms with Crippen molar-refractivity contribution < 1.29 is 14.0 Å². The van der Waals surface area contributed by atoms with Crippen LogP contribution in [-0.4, -0.2) is 40.7 Å². The largest absolute Gasteiger partial charge is 0.340 e. The van der Waals surface area contributed by atoms with Crippen molar-refractivity contribution in [3.8, 4) is 0 Å². The Kier molecular flexibility index (Phi) is 5.40. The van der Waals surface area contributed by atoms with Gasteiger partial charge >= 0.3 is 0 Å². The lowest BCUT2D eigenvalue weighted by atomic mass is 9.84. The quantitative estimate of drug-likeness (QED) is 0.840. The van der Waals surface area contributed by atoms with Crippen molar-refractivity contribution in [2.24, 2.45) is 11.8 Å². The van der Waals surface area contributed by atoms with Crippen molar-refractivity contribution in [3.63, 3.8) is 0 Å². The van der Waals surface area contributed by atoms with E-state index in [1.807, 2.05) is 9.80 Å². The van der Waals surface area contributed by atoms with Crippen molar-refractivity contribution in [2.45, 2.75) is 52.1 Å². The van der Waals surface area contributed by atoms with Gasteiger partial charge in [-0.05, 0) is 36.5 Å². The van der Waals surface area contributed by atoms with Crippen LogP contribution in [-0.2, 0) is 16.1 Å². The van der Waals surface area contributed by atoms with E-state index in [4.69, 9.17) is 0 Å². The molecule has 25 heavy (non-hydrogen) atoms. The lowest BCUT2D eigenvalue weighted by Crippen LogP contribution is -2.48. The average molecular weight is 346 g/mol. The van der Waals surface area contributed by atoms with E-state index in [1.54, 1.807) is 12.1 Å². The van der Waals surface area contributed by atoms with Gasteiger partial charge in [-0.3, -0.25) is 9.59 Å². The summed E-state index contributed by atoms with van der Waals surface area (Å²) >= 11 is 0. The van der Waals surface area contributed by atoms with E-state index < -0.39 is 0 Å². The second kappa shape index (κ2) is 7.54. The maximum atomic E-state index is 13.1. The third kappa shape index (κ3) is 4.02. The Labute approximate surface area is 149 Å². The zero-order valence-corrected chi connectivity index (χ0v) is 15.1. The van der Waals surface area contributed by atoms with E-state index in [1.165, 1.54) is 12.1 Å². The fourth-order valence-corrected chi connectivity index (χ4v) is 3.65. The first-order valence-corrected chi connectivity index (χ1v) is 9.28. The summed E-state index contributed by atoms with van der Waals surface area (Å²) in [5.41, 5.74) is 0.916. The van der Waals surface area contributed by atoms with Gasteiger partial charge < -0.3 is 9.80 Å². The summed E-state index contributed by atoms with van der Waals surface area (Å²) in [6.45, 7) is 5.75. The number of hydrogen-bond acceptors (Lipinski definition) is 2. The first kappa shape index (κ1) is 17.9. The highest BCUT2D eigenvalue weighted by Crippen LogP contribution is 2.30. The van der Waals surface area contributed by atoms with Gasteiger partial charge in [-0.15, -0.1) is 0 Å². The van der Waals surface area contributed by atoms with Gasteiger partial charge in [-0.25, -0.2) is 4.39 Å². The fourth-order valence-electron chi connectivity index (χ4n) is 3.65. The number of rotatable bonds is 4. The van der Waals surface area contributed by atoms with Gasteiger partial charge in [0.1, 0.15) is 5.82 Å². The highest BCUT2D eigenvalue weighted by Gasteiger charge is 2.36. The van der Waals surface area contributed by atoms with E-state index >= 15 is 0 Å². The SMILES string of the molecule is CC(C)[C@H]1CN(C(=O)C2CCC2)CCC(=O)N1Cc1ccc(F)cc1. The van der Waals surface area contributed by atoms with E-state index in [0.717, 1.165) is 24.8 Å². The average Bonchev–Trinajstić information content (AvgIpc) is 2.68. The Balaban J connectivity index is 1.77. The molecule has 0 radical (unpaired) electrons. The molecule has 1 atom stereocenters. The van der Waals surface area contributed by atoms with Crippen LogP contribution in [0.5, 0.6) is 0 Å². The Bertz CT molecular complexity index is 625. The highest BCUT2D eigenvalue weighted by molar-refractivity contribution is 5.82. The highest BCUT2D eigenvalue weighted by atomic mass is 19.1. The molecule has 1 saturated carbocycles. The number of carbonyl (C=O) groups excluding carboxylic acids is 2. The van der Waals surface area contributed by atoms with E-state index in [0.29, 0.717) is 26.1 Å². The Morgan fingerprint density at radius 1 is 1.24 bits per heavy atom. The molecule has 1 aliphatic carbocycles. The zero-order valence-electron chi connectivity index (χ0n) is 15.1. The van der Waals surface area contributed by atoms with Crippen LogP contribution in [0.2, 0.25) is 0 Å². The summed E-state index contributed by atoms with van der Waals surface area (Å²) in [7, 11) is 0. The monoisotopic (exact) mass is 346 g/mol. The van der Waals surface area contributed by atoms with Gasteiger partial charge in [0.15, 0.2) is 0 Å². The molecule has 3 rings (SSSR count). The molecule has 4 nitrogen and oxygen atoms in total. The lowest BCUT2D eigenvalue weighted by Gasteiger charge is -2.36. The van der Waals surface area contributed by atoms with Crippen LogP contribution in [0.1, 0.15) is 45.1 Å². The summed E-state index contributed by atoms with van der Waals surface area (Å²) in [5.74, 6) is 0.426. The van der Waals surface area contributed by atoms with Gasteiger partial charge in [-0.2, -0.15) is 0 Å². The summed E-state index contributed by atoms with van der Waals surface area (Å²) in [4.78, 5) is 29.2. The number of nitrogens with zero attached hydrogens (tertiary/aromatic N) is 2. The molecule has 2 fully saturated rings. The Morgan fingerprint density at radius 3 is 2.48 bits per heavy atom. The Hall–Kier alpha value is -1.91. The molecule has 5 heteroatoms. The molecule has 1 aromatic rings. The van der Waals surface area contributed by atoms with Crippen LogP contribution in [0, 0.1) is 17.7 Å². The van der Waals surface area contributed by atoms with Crippen LogP contribution >= 0.6 is 0 Å². The molecule has 1 heterocycles. The molecule has 0 spiro atoms. The van der Waals surface area contributed by atoms with Crippen molar-refractivity contribution >= 4 is 11.8 Å². The number of carbonyl (C=O) groups is 2. The Morgan fingerprint density at radius 2 is 1.92 bits per heavy atom. The van der Waals surface area contributed by atoms with Crippen LogP contribution < -0.4 is 0 Å². The topological polar surface area (TPSA) is 40.6 Å². The van der Waals surface area contributed by atoms with E-state index in [9.17, 15) is 14.0 Å². The van der Waals surface area contributed by atoms with Gasteiger partial charge in [-0.1, -0.05) is 32.4 Å². The molecular formula is C20H27FN2O2. The maximum absolute atomic E-state index is 13.1. The van der Waals surface area contributed by atoms with Crippen LogP contribution in [0.4, 0.5) is 4.39 Å². The smallest absolute Gasteiger partial charge is 0.225 e. The maximum Gasteiger partial charge on any atom is 0.225 e. The third-order valence-electron chi connectivity index (χ3n) is 5.53. The standard InChI is InChI=1S/C20H27FN2O2/c1-14(2)18-13-22(20(25)16-4-3-5-16)11-10-19(24)23(18)12-15-6-8-17(21)9-7-15/h6-9,14,16,18H,3-5,10-13H2,1-2H3/t18-/m1/s1. The van der Waals surface area contributed by atoms with Crippen LogP contribution in [0.15, 0.2) is 24.3 Å². The number of hydrogen-bond donors (Lipinski definition) is 0. The van der Waals surface area contributed by atoms with Crippen molar-refractivity contribution in [1.29, 1.82) is 0 Å². The first-order chi connectivity index (χ1) is 12.0. The fraction of sp³-hybridized carbons (Fsp3) is 0.600. The van der Waals surface area contributed by atoms with Crippen molar-refractivity contribution in [1.82, 2.24) is 9.80 Å². The molecule has 0 N–H and O–H groups in total. The second-order valence-corrected chi connectivity index (χ2v) is 7.62. The van der Waals surface area contributed by atoms with Gasteiger partial charge in [0.25, 0.3) is 0 Å². The van der Waals surface area contributed by atoms with Crippen LogP contribution in [0.3, 0.4) is 0 Å². The minimum Gasteiger partial charge on any atom is -0.340 e. The first-order valence-electron chi connectivity index (χ1n) is 9.28. The zero-order chi connectivity index (χ0) is 18.0. The van der Waals surface area contributed by atoms with Crippen LogP contribution in [0.25, 0.3) is 0 Å².